The molecule has 3 N–H and O–H groups in total. The first-order valence-electron chi connectivity index (χ1n) is 4.86. The molecule has 0 bridgehead atoms. The fourth-order valence-corrected chi connectivity index (χ4v) is 1.44. The Morgan fingerprint density at radius 2 is 1.56 bits per heavy atom. The number of ether oxygens (including phenoxy) is 3. The molecule has 0 radical (unpaired) electrons. The zero-order valence-electron chi connectivity index (χ0n) is 9.69. The van der Waals surface area contributed by atoms with Crippen LogP contribution in [0.15, 0.2) is 12.1 Å². The maximum atomic E-state index is 9.72. The van der Waals surface area contributed by atoms with Crippen molar-refractivity contribution < 1.29 is 19.3 Å². The molecular formula is C11H17NO4. The average Bonchev–Trinajstić information content (AvgIpc) is 2.35. The molecule has 0 aliphatic heterocycles. The number of aliphatic hydroxyl groups excluding tert-OH is 1. The zero-order chi connectivity index (χ0) is 12.1. The number of hydrogen-bond donors (Lipinski definition) is 2. The minimum absolute atomic E-state index is 0.117. The van der Waals surface area contributed by atoms with Crippen LogP contribution >= 0.6 is 0 Å². The summed E-state index contributed by atoms with van der Waals surface area (Å²) in [6.45, 7) is 0.117. The van der Waals surface area contributed by atoms with Gasteiger partial charge in [-0.1, -0.05) is 0 Å². The van der Waals surface area contributed by atoms with E-state index in [1.54, 1.807) is 12.1 Å². The Morgan fingerprint density at radius 1 is 1.06 bits per heavy atom. The van der Waals surface area contributed by atoms with Crippen LogP contribution in [0.2, 0.25) is 0 Å². The van der Waals surface area contributed by atoms with Gasteiger partial charge in [-0.25, -0.2) is 0 Å². The van der Waals surface area contributed by atoms with Crippen LogP contribution in [0.3, 0.4) is 0 Å². The molecular weight excluding hydrogens is 210 g/mol. The van der Waals surface area contributed by atoms with E-state index >= 15 is 0 Å². The van der Waals surface area contributed by atoms with Gasteiger partial charge in [0.15, 0.2) is 11.5 Å². The van der Waals surface area contributed by atoms with Crippen molar-refractivity contribution in [3.63, 3.8) is 0 Å². The van der Waals surface area contributed by atoms with Gasteiger partial charge in [0.2, 0.25) is 0 Å². The molecule has 1 aromatic carbocycles. The van der Waals surface area contributed by atoms with E-state index in [1.165, 1.54) is 21.3 Å². The smallest absolute Gasteiger partial charge is 0.164 e. The number of hydrogen-bond acceptors (Lipinski definition) is 5. The summed E-state index contributed by atoms with van der Waals surface area (Å²) in [6, 6.07) is 3.32. The topological polar surface area (TPSA) is 73.9 Å². The van der Waals surface area contributed by atoms with Gasteiger partial charge in [0.05, 0.1) is 27.4 Å². The van der Waals surface area contributed by atoms with Gasteiger partial charge in [0, 0.05) is 18.2 Å². The largest absolute Gasteiger partial charge is 0.496 e. The summed E-state index contributed by atoms with van der Waals surface area (Å²) in [5, 5.41) is 9.72. The summed E-state index contributed by atoms with van der Waals surface area (Å²) in [6.07, 6.45) is -0.783. The molecule has 0 heterocycles. The molecule has 0 saturated carbocycles. The fourth-order valence-electron chi connectivity index (χ4n) is 1.44. The monoisotopic (exact) mass is 227 g/mol. The average molecular weight is 227 g/mol. The number of nitrogens with two attached hydrogens (primary N) is 1. The van der Waals surface area contributed by atoms with Crippen LogP contribution in [0.5, 0.6) is 17.2 Å². The first kappa shape index (κ1) is 12.6. The Balaban J connectivity index is 3.25. The summed E-state index contributed by atoms with van der Waals surface area (Å²) in [5.41, 5.74) is 6.00. The molecule has 0 aliphatic rings. The normalized spacial score (nSPS) is 12.1. The van der Waals surface area contributed by atoms with Gasteiger partial charge in [0.25, 0.3) is 0 Å². The van der Waals surface area contributed by atoms with Crippen molar-refractivity contribution in [2.45, 2.75) is 6.10 Å². The molecule has 1 atom stereocenters. The van der Waals surface area contributed by atoms with Crippen LogP contribution in [0.4, 0.5) is 0 Å². The predicted molar refractivity (Wildman–Crippen MR) is 60.1 cm³/mol. The first-order chi connectivity index (χ1) is 7.67. The van der Waals surface area contributed by atoms with Crippen LogP contribution in [0.25, 0.3) is 0 Å². The van der Waals surface area contributed by atoms with Crippen LogP contribution in [0, 0.1) is 0 Å². The quantitative estimate of drug-likeness (QED) is 0.774. The van der Waals surface area contributed by atoms with Gasteiger partial charge >= 0.3 is 0 Å². The minimum atomic E-state index is -0.783. The highest BCUT2D eigenvalue weighted by atomic mass is 16.5. The van der Waals surface area contributed by atoms with Crippen molar-refractivity contribution in [2.75, 3.05) is 27.9 Å². The summed E-state index contributed by atoms with van der Waals surface area (Å²) in [4.78, 5) is 0. The highest BCUT2D eigenvalue weighted by molar-refractivity contribution is 5.51. The molecule has 0 fully saturated rings. The second-order valence-electron chi connectivity index (χ2n) is 3.20. The Labute approximate surface area is 94.7 Å². The Hall–Kier alpha value is -1.46. The SMILES string of the molecule is COc1cc(OC)c([C@@H](O)CN)cc1OC. The maximum absolute atomic E-state index is 9.72. The van der Waals surface area contributed by atoms with Crippen molar-refractivity contribution in [1.82, 2.24) is 0 Å². The molecule has 5 heteroatoms. The molecule has 5 nitrogen and oxygen atoms in total. The molecule has 0 aromatic heterocycles. The van der Waals surface area contributed by atoms with Crippen LogP contribution in [0.1, 0.15) is 11.7 Å². The lowest BCUT2D eigenvalue weighted by atomic mass is 10.1. The molecule has 0 unspecified atom stereocenters. The lowest BCUT2D eigenvalue weighted by Crippen LogP contribution is -2.13. The van der Waals surface area contributed by atoms with Crippen molar-refractivity contribution in [1.29, 1.82) is 0 Å². The molecule has 1 aromatic rings. The van der Waals surface area contributed by atoms with Gasteiger partial charge in [-0.3, -0.25) is 0 Å². The van der Waals surface area contributed by atoms with Crippen molar-refractivity contribution in [3.05, 3.63) is 17.7 Å². The van der Waals surface area contributed by atoms with E-state index in [2.05, 4.69) is 0 Å². The number of benzene rings is 1. The Kier molecular flexibility index (Phi) is 4.39. The number of aliphatic hydroxyl groups is 1. The first-order valence-corrected chi connectivity index (χ1v) is 4.86. The zero-order valence-corrected chi connectivity index (χ0v) is 9.69. The molecule has 0 aliphatic carbocycles. The van der Waals surface area contributed by atoms with Crippen molar-refractivity contribution in [2.24, 2.45) is 5.73 Å². The summed E-state index contributed by atoms with van der Waals surface area (Å²) >= 11 is 0. The van der Waals surface area contributed by atoms with Crippen LogP contribution in [-0.4, -0.2) is 33.0 Å². The van der Waals surface area contributed by atoms with Crippen molar-refractivity contribution in [3.8, 4) is 17.2 Å². The van der Waals surface area contributed by atoms with E-state index in [0.717, 1.165) is 0 Å². The fraction of sp³-hybridized carbons (Fsp3) is 0.455. The minimum Gasteiger partial charge on any atom is -0.496 e. The highest BCUT2D eigenvalue weighted by Gasteiger charge is 2.16. The van der Waals surface area contributed by atoms with Crippen molar-refractivity contribution >= 4 is 0 Å². The summed E-state index contributed by atoms with van der Waals surface area (Å²) < 4.78 is 15.4. The van der Waals surface area contributed by atoms with Gasteiger partial charge < -0.3 is 25.1 Å². The second kappa shape index (κ2) is 5.58. The maximum Gasteiger partial charge on any atom is 0.164 e. The standard InChI is InChI=1S/C11H17NO4/c1-14-9-5-11(16-3)10(15-2)4-7(9)8(13)6-12/h4-5,8,13H,6,12H2,1-3H3/t8-/m0/s1. The van der Waals surface area contributed by atoms with Crippen LogP contribution in [-0.2, 0) is 0 Å². The number of rotatable bonds is 5. The molecule has 0 saturated heterocycles. The van der Waals surface area contributed by atoms with E-state index in [4.69, 9.17) is 19.9 Å². The molecule has 0 amide bonds. The van der Waals surface area contributed by atoms with Crippen LogP contribution < -0.4 is 19.9 Å². The van der Waals surface area contributed by atoms with E-state index in [9.17, 15) is 5.11 Å². The summed E-state index contributed by atoms with van der Waals surface area (Å²) in [7, 11) is 4.59. The molecule has 16 heavy (non-hydrogen) atoms. The lowest BCUT2D eigenvalue weighted by Gasteiger charge is -2.16. The van der Waals surface area contributed by atoms with E-state index in [1.807, 2.05) is 0 Å². The molecule has 90 valence electrons. The second-order valence-corrected chi connectivity index (χ2v) is 3.20. The van der Waals surface area contributed by atoms with Gasteiger partial charge in [-0.05, 0) is 6.07 Å². The lowest BCUT2D eigenvalue weighted by molar-refractivity contribution is 0.181. The predicted octanol–water partition coefficient (Wildman–Crippen LogP) is 0.705. The highest BCUT2D eigenvalue weighted by Crippen LogP contribution is 2.37. The Morgan fingerprint density at radius 3 is 2.00 bits per heavy atom. The van der Waals surface area contributed by atoms with Gasteiger partial charge in [-0.15, -0.1) is 0 Å². The van der Waals surface area contributed by atoms with E-state index in [-0.39, 0.29) is 6.54 Å². The molecule has 0 spiro atoms. The molecule has 1 rings (SSSR count). The third-order valence-electron chi connectivity index (χ3n) is 2.32. The van der Waals surface area contributed by atoms with Gasteiger partial charge in [0.1, 0.15) is 5.75 Å². The Bertz CT molecular complexity index is 354. The third kappa shape index (κ3) is 2.37. The number of methoxy groups -OCH3 is 3. The summed E-state index contributed by atoms with van der Waals surface area (Å²) in [5.74, 6) is 1.61. The third-order valence-corrected chi connectivity index (χ3v) is 2.32. The van der Waals surface area contributed by atoms with E-state index < -0.39 is 6.10 Å². The van der Waals surface area contributed by atoms with Gasteiger partial charge in [-0.2, -0.15) is 0 Å². The van der Waals surface area contributed by atoms with E-state index in [0.29, 0.717) is 22.8 Å².